The maximum atomic E-state index is 12.7. The summed E-state index contributed by atoms with van der Waals surface area (Å²) in [6, 6.07) is 6.56. The Morgan fingerprint density at radius 3 is 2.36 bits per heavy atom. The van der Waals surface area contributed by atoms with Crippen LogP contribution in [0.4, 0.5) is 5.69 Å². The van der Waals surface area contributed by atoms with Gasteiger partial charge < -0.3 is 4.74 Å². The van der Waals surface area contributed by atoms with Gasteiger partial charge in [-0.25, -0.2) is 4.90 Å². The number of anilines is 1. The van der Waals surface area contributed by atoms with E-state index in [-0.39, 0.29) is 18.2 Å². The molecule has 1 aliphatic rings. The van der Waals surface area contributed by atoms with Gasteiger partial charge in [0.1, 0.15) is 5.75 Å². The minimum Gasteiger partial charge on any atom is -0.494 e. The number of hydrogen-bond acceptors (Lipinski definition) is 4. The van der Waals surface area contributed by atoms with Crippen molar-refractivity contribution < 1.29 is 14.3 Å². The zero-order valence-corrected chi connectivity index (χ0v) is 15.9. The highest BCUT2D eigenvalue weighted by Gasteiger charge is 2.42. The Balaban J connectivity index is 2.08. The van der Waals surface area contributed by atoms with E-state index in [1.165, 1.54) is 4.90 Å². The van der Waals surface area contributed by atoms with Crippen LogP contribution in [-0.2, 0) is 9.59 Å². The molecule has 2 rings (SSSR count). The Morgan fingerprint density at radius 2 is 1.80 bits per heavy atom. The second-order valence-corrected chi connectivity index (χ2v) is 6.65. The van der Waals surface area contributed by atoms with Crippen molar-refractivity contribution in [2.45, 2.75) is 32.2 Å². The van der Waals surface area contributed by atoms with Crippen molar-refractivity contribution in [1.82, 2.24) is 4.90 Å². The normalized spacial score (nSPS) is 17.6. The summed E-state index contributed by atoms with van der Waals surface area (Å²) < 4.78 is 5.62. The third-order valence-electron chi connectivity index (χ3n) is 4.17. The number of unbranched alkanes of at least 4 members (excludes halogenated alkanes) is 1. The van der Waals surface area contributed by atoms with Crippen LogP contribution < -0.4 is 9.64 Å². The van der Waals surface area contributed by atoms with Gasteiger partial charge in [0, 0.05) is 24.8 Å². The predicted octanol–water partition coefficient (Wildman–Crippen LogP) is 3.28. The summed E-state index contributed by atoms with van der Waals surface area (Å²) >= 11 is 11.6. The van der Waals surface area contributed by atoms with Crippen LogP contribution >= 0.6 is 23.2 Å². The molecule has 5 nitrogen and oxygen atoms in total. The average Bonchev–Trinajstić information content (AvgIpc) is 2.90. The van der Waals surface area contributed by atoms with Crippen LogP contribution in [0, 0.1) is 0 Å². The first-order valence-corrected chi connectivity index (χ1v) is 9.65. The van der Waals surface area contributed by atoms with Crippen LogP contribution in [0.2, 0.25) is 0 Å². The molecule has 1 saturated heterocycles. The van der Waals surface area contributed by atoms with Crippen LogP contribution in [0.15, 0.2) is 24.3 Å². The van der Waals surface area contributed by atoms with E-state index < -0.39 is 6.04 Å². The molecule has 2 amide bonds. The Labute approximate surface area is 158 Å². The highest BCUT2D eigenvalue weighted by Crippen LogP contribution is 2.27. The number of rotatable bonds is 10. The van der Waals surface area contributed by atoms with E-state index in [9.17, 15) is 9.59 Å². The zero-order valence-electron chi connectivity index (χ0n) is 14.4. The Hall–Kier alpha value is -1.30. The van der Waals surface area contributed by atoms with Crippen molar-refractivity contribution in [3.8, 4) is 5.75 Å². The number of ether oxygens (including phenoxy) is 1. The quantitative estimate of drug-likeness (QED) is 0.351. The van der Waals surface area contributed by atoms with E-state index in [2.05, 4.69) is 6.92 Å². The molecular formula is C18H24Cl2N2O3. The number of carbonyl (C=O) groups is 2. The van der Waals surface area contributed by atoms with E-state index in [1.807, 2.05) is 4.90 Å². The molecule has 7 heteroatoms. The molecule has 1 atom stereocenters. The second-order valence-electron chi connectivity index (χ2n) is 5.90. The number of hydrogen-bond donors (Lipinski definition) is 0. The fraction of sp³-hybridized carbons (Fsp3) is 0.556. The number of halogens is 2. The summed E-state index contributed by atoms with van der Waals surface area (Å²) in [5, 5.41) is 0. The van der Waals surface area contributed by atoms with Crippen LogP contribution in [0.1, 0.15) is 26.2 Å². The molecule has 25 heavy (non-hydrogen) atoms. The number of alkyl halides is 2. The van der Waals surface area contributed by atoms with Gasteiger partial charge in [-0.3, -0.25) is 14.5 Å². The van der Waals surface area contributed by atoms with Crippen LogP contribution in [0.5, 0.6) is 5.75 Å². The van der Waals surface area contributed by atoms with E-state index in [1.54, 1.807) is 24.3 Å². The SMILES string of the molecule is CCCCOc1ccc(N2C(=O)CC(N(CCCl)CCCl)C2=O)cc1. The standard InChI is InChI=1S/C18H24Cl2N2O3/c1-2-3-12-25-15-6-4-14(5-7-15)22-17(23)13-16(18(22)24)21(10-8-19)11-9-20/h4-7,16H,2-3,8-13H2,1H3. The summed E-state index contributed by atoms with van der Waals surface area (Å²) in [6.45, 7) is 3.81. The first kappa shape index (κ1) is 20.0. The summed E-state index contributed by atoms with van der Waals surface area (Å²) in [7, 11) is 0. The molecule has 0 radical (unpaired) electrons. The fourth-order valence-corrected chi connectivity index (χ4v) is 3.27. The van der Waals surface area contributed by atoms with E-state index >= 15 is 0 Å². The largest absolute Gasteiger partial charge is 0.494 e. The van der Waals surface area contributed by atoms with Gasteiger partial charge in [0.05, 0.1) is 24.8 Å². The molecule has 1 heterocycles. The molecule has 0 aliphatic carbocycles. The number of benzene rings is 1. The summed E-state index contributed by atoms with van der Waals surface area (Å²) in [4.78, 5) is 28.3. The summed E-state index contributed by atoms with van der Waals surface area (Å²) in [5.74, 6) is 1.08. The second kappa shape index (κ2) is 10.00. The van der Waals surface area contributed by atoms with Crippen molar-refractivity contribution in [2.24, 2.45) is 0 Å². The van der Waals surface area contributed by atoms with Crippen molar-refractivity contribution in [3.63, 3.8) is 0 Å². The third kappa shape index (κ3) is 5.09. The molecule has 0 aromatic heterocycles. The maximum absolute atomic E-state index is 12.7. The molecule has 0 saturated carbocycles. The van der Waals surface area contributed by atoms with Gasteiger partial charge in [0.15, 0.2) is 0 Å². The lowest BCUT2D eigenvalue weighted by Crippen LogP contribution is -2.44. The summed E-state index contributed by atoms with van der Waals surface area (Å²) in [6.07, 6.45) is 2.21. The highest BCUT2D eigenvalue weighted by molar-refractivity contribution is 6.22. The molecule has 138 valence electrons. The molecule has 1 aliphatic heterocycles. The van der Waals surface area contributed by atoms with Crippen molar-refractivity contribution >= 4 is 40.7 Å². The first-order chi connectivity index (χ1) is 12.1. The Morgan fingerprint density at radius 1 is 1.16 bits per heavy atom. The van der Waals surface area contributed by atoms with Gasteiger partial charge in [0.25, 0.3) is 5.91 Å². The molecule has 0 spiro atoms. The zero-order chi connectivity index (χ0) is 18.2. The number of carbonyl (C=O) groups excluding carboxylic acids is 2. The van der Waals surface area contributed by atoms with E-state index in [0.717, 1.165) is 18.6 Å². The summed E-state index contributed by atoms with van der Waals surface area (Å²) in [5.41, 5.74) is 0.567. The van der Waals surface area contributed by atoms with Crippen LogP contribution in [-0.4, -0.2) is 54.2 Å². The molecular weight excluding hydrogens is 363 g/mol. The fourth-order valence-electron chi connectivity index (χ4n) is 2.84. The predicted molar refractivity (Wildman–Crippen MR) is 101 cm³/mol. The number of amides is 2. The first-order valence-electron chi connectivity index (χ1n) is 8.58. The minimum absolute atomic E-state index is 0.154. The lowest BCUT2D eigenvalue weighted by atomic mass is 10.2. The number of imide groups is 1. The highest BCUT2D eigenvalue weighted by atomic mass is 35.5. The van der Waals surface area contributed by atoms with Gasteiger partial charge in [-0.15, -0.1) is 23.2 Å². The molecule has 0 N–H and O–H groups in total. The van der Waals surface area contributed by atoms with Gasteiger partial charge >= 0.3 is 0 Å². The molecule has 1 aromatic rings. The number of nitrogens with zero attached hydrogens (tertiary/aromatic N) is 2. The van der Waals surface area contributed by atoms with Gasteiger partial charge in [-0.2, -0.15) is 0 Å². The van der Waals surface area contributed by atoms with Crippen LogP contribution in [0.3, 0.4) is 0 Å². The Kier molecular flexibility index (Phi) is 8.00. The van der Waals surface area contributed by atoms with E-state index in [4.69, 9.17) is 27.9 Å². The van der Waals surface area contributed by atoms with Gasteiger partial charge in [-0.05, 0) is 30.7 Å². The molecule has 1 fully saturated rings. The van der Waals surface area contributed by atoms with Crippen molar-refractivity contribution in [1.29, 1.82) is 0 Å². The van der Waals surface area contributed by atoms with Gasteiger partial charge in [-0.1, -0.05) is 13.3 Å². The molecule has 0 bridgehead atoms. The Bertz CT molecular complexity index is 574. The lowest BCUT2D eigenvalue weighted by Gasteiger charge is -2.25. The van der Waals surface area contributed by atoms with Crippen LogP contribution in [0.25, 0.3) is 0 Å². The van der Waals surface area contributed by atoms with Crippen molar-refractivity contribution in [2.75, 3.05) is 36.4 Å². The minimum atomic E-state index is -0.495. The van der Waals surface area contributed by atoms with Crippen molar-refractivity contribution in [3.05, 3.63) is 24.3 Å². The van der Waals surface area contributed by atoms with E-state index in [0.29, 0.717) is 37.1 Å². The monoisotopic (exact) mass is 386 g/mol. The lowest BCUT2D eigenvalue weighted by molar-refractivity contribution is -0.122. The topological polar surface area (TPSA) is 49.9 Å². The third-order valence-corrected chi connectivity index (χ3v) is 4.51. The molecule has 1 aromatic carbocycles. The maximum Gasteiger partial charge on any atom is 0.251 e. The van der Waals surface area contributed by atoms with Gasteiger partial charge in [0.2, 0.25) is 5.91 Å². The molecule has 1 unspecified atom stereocenters. The smallest absolute Gasteiger partial charge is 0.251 e. The average molecular weight is 387 g/mol.